The van der Waals surface area contributed by atoms with Gasteiger partial charge in [0.15, 0.2) is 0 Å². The van der Waals surface area contributed by atoms with Crippen molar-refractivity contribution in [3.63, 3.8) is 0 Å². The molecule has 1 aromatic carbocycles. The zero-order chi connectivity index (χ0) is 13.4. The van der Waals surface area contributed by atoms with Gasteiger partial charge in [-0.2, -0.15) is 0 Å². The maximum absolute atomic E-state index is 12.7. The highest BCUT2D eigenvalue weighted by Gasteiger charge is 2.31. The number of hydrogen-bond donors (Lipinski definition) is 1. The summed E-state index contributed by atoms with van der Waals surface area (Å²) < 4.78 is 1.16. The van der Waals surface area contributed by atoms with E-state index in [1.165, 1.54) is 12.8 Å². The van der Waals surface area contributed by atoms with E-state index in [9.17, 15) is 4.79 Å². The number of halogens is 1. The molecule has 2 heterocycles. The number of rotatable bonds is 1. The topological polar surface area (TPSA) is 32.3 Å². The van der Waals surface area contributed by atoms with Gasteiger partial charge in [0.05, 0.1) is 0 Å². The van der Waals surface area contributed by atoms with Crippen LogP contribution in [0.25, 0.3) is 0 Å². The number of amides is 1. The molecule has 2 atom stereocenters. The Morgan fingerprint density at radius 3 is 2.95 bits per heavy atom. The predicted molar refractivity (Wildman–Crippen MR) is 84.4 cm³/mol. The standard InChI is InChI=1S/C15H19IN2O/c1-10-13(3-2-4-14(10)16)15(19)18-8-7-11-5-6-12(9-18)17-11/h2-4,11-12,17H,5-9H2,1H3. The maximum Gasteiger partial charge on any atom is 0.254 e. The van der Waals surface area contributed by atoms with Crippen molar-refractivity contribution in [2.75, 3.05) is 13.1 Å². The first-order chi connectivity index (χ1) is 9.15. The van der Waals surface area contributed by atoms with E-state index >= 15 is 0 Å². The number of nitrogens with zero attached hydrogens (tertiary/aromatic N) is 1. The summed E-state index contributed by atoms with van der Waals surface area (Å²) >= 11 is 2.30. The smallest absolute Gasteiger partial charge is 0.254 e. The summed E-state index contributed by atoms with van der Waals surface area (Å²) in [5.74, 6) is 0.199. The van der Waals surface area contributed by atoms with E-state index in [1.54, 1.807) is 0 Å². The lowest BCUT2D eigenvalue weighted by Gasteiger charge is -2.25. The number of carbonyl (C=O) groups is 1. The lowest BCUT2D eigenvalue weighted by Crippen LogP contribution is -2.39. The fourth-order valence-corrected chi connectivity index (χ4v) is 3.64. The van der Waals surface area contributed by atoms with E-state index in [0.717, 1.165) is 34.2 Å². The van der Waals surface area contributed by atoms with E-state index in [1.807, 2.05) is 24.0 Å². The second-order valence-electron chi connectivity index (χ2n) is 5.59. The minimum Gasteiger partial charge on any atom is -0.337 e. The van der Waals surface area contributed by atoms with Crippen LogP contribution < -0.4 is 5.32 Å². The normalized spacial score (nSPS) is 26.3. The third kappa shape index (κ3) is 2.65. The molecule has 4 heteroatoms. The second-order valence-corrected chi connectivity index (χ2v) is 6.75. The summed E-state index contributed by atoms with van der Waals surface area (Å²) in [6.07, 6.45) is 3.57. The molecule has 3 nitrogen and oxygen atoms in total. The SMILES string of the molecule is Cc1c(I)cccc1C(=O)N1CCC2CCC(C1)N2. The van der Waals surface area contributed by atoms with Crippen molar-refractivity contribution in [1.82, 2.24) is 10.2 Å². The van der Waals surface area contributed by atoms with Crippen LogP contribution in [-0.2, 0) is 0 Å². The van der Waals surface area contributed by atoms with Crippen molar-refractivity contribution in [1.29, 1.82) is 0 Å². The van der Waals surface area contributed by atoms with Crippen molar-refractivity contribution in [3.8, 4) is 0 Å². The molecule has 2 bridgehead atoms. The number of nitrogens with one attached hydrogen (secondary N) is 1. The molecule has 1 aromatic rings. The Balaban J connectivity index is 1.81. The third-order valence-electron chi connectivity index (χ3n) is 4.31. The average Bonchev–Trinajstić information content (AvgIpc) is 2.72. The third-order valence-corrected chi connectivity index (χ3v) is 5.48. The van der Waals surface area contributed by atoms with Crippen LogP contribution in [0.2, 0.25) is 0 Å². The number of carbonyl (C=O) groups excluding carboxylic acids is 1. The summed E-state index contributed by atoms with van der Waals surface area (Å²) in [5.41, 5.74) is 1.97. The number of likely N-dealkylation sites (tertiary alicyclic amines) is 1. The zero-order valence-corrected chi connectivity index (χ0v) is 13.3. The van der Waals surface area contributed by atoms with Crippen LogP contribution in [0.1, 0.15) is 35.2 Å². The van der Waals surface area contributed by atoms with Crippen LogP contribution in [0.5, 0.6) is 0 Å². The van der Waals surface area contributed by atoms with E-state index < -0.39 is 0 Å². The molecule has 102 valence electrons. The first-order valence-electron chi connectivity index (χ1n) is 6.95. The summed E-state index contributed by atoms with van der Waals surface area (Å²) in [5, 5.41) is 3.62. The molecule has 0 spiro atoms. The molecule has 1 amide bonds. The van der Waals surface area contributed by atoms with Gasteiger partial charge in [-0.25, -0.2) is 0 Å². The van der Waals surface area contributed by atoms with Crippen molar-refractivity contribution in [3.05, 3.63) is 32.9 Å². The minimum absolute atomic E-state index is 0.199. The first kappa shape index (κ1) is 13.4. The van der Waals surface area contributed by atoms with E-state index in [0.29, 0.717) is 12.1 Å². The molecule has 0 aliphatic carbocycles. The fourth-order valence-electron chi connectivity index (χ4n) is 3.14. The Kier molecular flexibility index (Phi) is 3.80. The van der Waals surface area contributed by atoms with Gasteiger partial charge in [0.25, 0.3) is 5.91 Å². The highest BCUT2D eigenvalue weighted by atomic mass is 127. The van der Waals surface area contributed by atoms with Crippen LogP contribution in [0.4, 0.5) is 0 Å². The molecule has 1 N–H and O–H groups in total. The highest BCUT2D eigenvalue weighted by Crippen LogP contribution is 2.23. The van der Waals surface area contributed by atoms with E-state index in [2.05, 4.69) is 34.0 Å². The van der Waals surface area contributed by atoms with Gasteiger partial charge < -0.3 is 10.2 Å². The summed E-state index contributed by atoms with van der Waals surface area (Å²) in [4.78, 5) is 14.7. The van der Waals surface area contributed by atoms with Gasteiger partial charge >= 0.3 is 0 Å². The molecule has 2 aliphatic rings. The minimum atomic E-state index is 0.199. The number of fused-ring (bicyclic) bond motifs is 2. The van der Waals surface area contributed by atoms with Gasteiger partial charge in [0, 0.05) is 34.3 Å². The fraction of sp³-hybridized carbons (Fsp3) is 0.533. The van der Waals surface area contributed by atoms with Gasteiger partial charge in [-0.1, -0.05) is 6.07 Å². The molecule has 0 radical (unpaired) electrons. The Labute approximate surface area is 127 Å². The van der Waals surface area contributed by atoms with Gasteiger partial charge in [-0.15, -0.1) is 0 Å². The Hall–Kier alpha value is -0.620. The highest BCUT2D eigenvalue weighted by molar-refractivity contribution is 14.1. The van der Waals surface area contributed by atoms with Crippen LogP contribution in [-0.4, -0.2) is 36.0 Å². The number of benzene rings is 1. The molecule has 19 heavy (non-hydrogen) atoms. The molecule has 0 aromatic heterocycles. The maximum atomic E-state index is 12.7. The van der Waals surface area contributed by atoms with Crippen LogP contribution in [0, 0.1) is 10.5 Å². The predicted octanol–water partition coefficient (Wildman–Crippen LogP) is 2.57. The first-order valence-corrected chi connectivity index (χ1v) is 8.03. The summed E-state index contributed by atoms with van der Waals surface area (Å²) in [6.45, 7) is 3.79. The lowest BCUT2D eigenvalue weighted by molar-refractivity contribution is 0.0747. The van der Waals surface area contributed by atoms with Crippen LogP contribution in [0.15, 0.2) is 18.2 Å². The van der Waals surface area contributed by atoms with Crippen molar-refractivity contribution in [2.45, 2.75) is 38.3 Å². The van der Waals surface area contributed by atoms with Crippen LogP contribution in [0.3, 0.4) is 0 Å². The zero-order valence-electron chi connectivity index (χ0n) is 11.2. The molecule has 2 unspecified atom stereocenters. The monoisotopic (exact) mass is 370 g/mol. The molecular formula is C15H19IN2O. The summed E-state index contributed by atoms with van der Waals surface area (Å²) in [6, 6.07) is 7.11. The van der Waals surface area contributed by atoms with Crippen molar-refractivity contribution < 1.29 is 4.79 Å². The molecular weight excluding hydrogens is 351 g/mol. The van der Waals surface area contributed by atoms with E-state index in [-0.39, 0.29) is 5.91 Å². The van der Waals surface area contributed by atoms with Gasteiger partial charge in [-0.05, 0) is 66.5 Å². The quantitative estimate of drug-likeness (QED) is 0.771. The Morgan fingerprint density at radius 2 is 2.11 bits per heavy atom. The van der Waals surface area contributed by atoms with Crippen molar-refractivity contribution in [2.24, 2.45) is 0 Å². The van der Waals surface area contributed by atoms with Gasteiger partial charge in [0.2, 0.25) is 0 Å². The molecule has 2 fully saturated rings. The largest absolute Gasteiger partial charge is 0.337 e. The number of hydrogen-bond acceptors (Lipinski definition) is 2. The molecule has 2 saturated heterocycles. The summed E-state index contributed by atoms with van der Waals surface area (Å²) in [7, 11) is 0. The lowest BCUT2D eigenvalue weighted by atomic mass is 10.0. The van der Waals surface area contributed by atoms with E-state index in [4.69, 9.17) is 0 Å². The van der Waals surface area contributed by atoms with Crippen molar-refractivity contribution >= 4 is 28.5 Å². The second kappa shape index (κ2) is 5.40. The molecule has 0 saturated carbocycles. The molecule has 3 rings (SSSR count). The van der Waals surface area contributed by atoms with Gasteiger partial charge in [0.1, 0.15) is 0 Å². The molecule has 2 aliphatic heterocycles. The average molecular weight is 370 g/mol. The Morgan fingerprint density at radius 1 is 1.32 bits per heavy atom. The van der Waals surface area contributed by atoms with Crippen LogP contribution >= 0.6 is 22.6 Å². The van der Waals surface area contributed by atoms with Gasteiger partial charge in [-0.3, -0.25) is 4.79 Å². The Bertz CT molecular complexity index is 503.